The average molecular weight is 817 g/mol. The molecule has 2 aliphatic carbocycles. The van der Waals surface area contributed by atoms with Gasteiger partial charge in [0.05, 0.1) is 11.4 Å². The minimum Gasteiger partial charge on any atom is -0.309 e. The van der Waals surface area contributed by atoms with E-state index in [4.69, 9.17) is 0 Å². The fourth-order valence-electron chi connectivity index (χ4n) is 10.6. The molecule has 0 heterocycles. The SMILES string of the molecule is Cc1ccc(N(c2ccc(C(C)C)cc2)c2c3ccc(C4CCCCC4)cc3c(N(c3ccc(C(C)C)cc3)c3ccc(C)c(C)c3)c3ccc(C4CCCCC4)cc23)cc1C. The van der Waals surface area contributed by atoms with E-state index < -0.39 is 0 Å². The third-order valence-electron chi connectivity index (χ3n) is 14.8. The van der Waals surface area contributed by atoms with E-state index in [9.17, 15) is 0 Å². The van der Waals surface area contributed by atoms with Crippen LogP contribution < -0.4 is 9.80 Å². The van der Waals surface area contributed by atoms with Gasteiger partial charge in [0.25, 0.3) is 0 Å². The van der Waals surface area contributed by atoms with Gasteiger partial charge in [-0.25, -0.2) is 0 Å². The monoisotopic (exact) mass is 817 g/mol. The number of hydrogen-bond donors (Lipinski definition) is 0. The van der Waals surface area contributed by atoms with Crippen LogP contribution in [0.5, 0.6) is 0 Å². The van der Waals surface area contributed by atoms with Crippen LogP contribution in [-0.2, 0) is 0 Å². The maximum absolute atomic E-state index is 2.62. The van der Waals surface area contributed by atoms with E-state index in [-0.39, 0.29) is 0 Å². The first-order chi connectivity index (χ1) is 30.0. The van der Waals surface area contributed by atoms with E-state index in [2.05, 4.69) is 187 Å². The Hall–Kier alpha value is -5.34. The number of hydrogen-bond acceptors (Lipinski definition) is 2. The van der Waals surface area contributed by atoms with Gasteiger partial charge < -0.3 is 9.80 Å². The summed E-state index contributed by atoms with van der Waals surface area (Å²) >= 11 is 0. The van der Waals surface area contributed by atoms with Crippen molar-refractivity contribution in [3.63, 3.8) is 0 Å². The first kappa shape index (κ1) is 42.0. The molecule has 0 aromatic heterocycles. The largest absolute Gasteiger partial charge is 0.309 e. The van der Waals surface area contributed by atoms with Crippen molar-refractivity contribution >= 4 is 55.7 Å². The third kappa shape index (κ3) is 8.19. The summed E-state index contributed by atoms with van der Waals surface area (Å²) in [5.74, 6) is 2.08. The summed E-state index contributed by atoms with van der Waals surface area (Å²) < 4.78 is 0. The second-order valence-electron chi connectivity index (χ2n) is 19.7. The van der Waals surface area contributed by atoms with Crippen molar-refractivity contribution in [2.24, 2.45) is 0 Å². The summed E-state index contributed by atoms with van der Waals surface area (Å²) in [7, 11) is 0. The number of rotatable bonds is 10. The van der Waals surface area contributed by atoms with Crippen molar-refractivity contribution in [1.82, 2.24) is 0 Å². The Kier molecular flexibility index (Phi) is 12.1. The lowest BCUT2D eigenvalue weighted by molar-refractivity contribution is 0.444. The first-order valence-electron chi connectivity index (χ1n) is 24.0. The van der Waals surface area contributed by atoms with E-state index in [0.29, 0.717) is 23.7 Å². The summed E-state index contributed by atoms with van der Waals surface area (Å²) in [6.45, 7) is 18.2. The number of nitrogens with zero attached hydrogens (tertiary/aromatic N) is 2. The minimum atomic E-state index is 0.460. The van der Waals surface area contributed by atoms with Crippen LogP contribution in [0.1, 0.15) is 160 Å². The smallest absolute Gasteiger partial charge is 0.0620 e. The van der Waals surface area contributed by atoms with E-state index in [0.717, 1.165) is 0 Å². The Morgan fingerprint density at radius 3 is 1.05 bits per heavy atom. The highest BCUT2D eigenvalue weighted by Crippen LogP contribution is 2.53. The summed E-state index contributed by atoms with van der Waals surface area (Å²) in [6.07, 6.45) is 13.0. The molecule has 7 aromatic rings. The molecular weight excluding hydrogens is 749 g/mol. The van der Waals surface area contributed by atoms with Gasteiger partial charge in [-0.2, -0.15) is 0 Å². The van der Waals surface area contributed by atoms with Crippen molar-refractivity contribution < 1.29 is 0 Å². The third-order valence-corrected chi connectivity index (χ3v) is 14.8. The zero-order valence-corrected chi connectivity index (χ0v) is 38.8. The van der Waals surface area contributed by atoms with Gasteiger partial charge in [0.2, 0.25) is 0 Å². The van der Waals surface area contributed by atoms with E-state index in [1.54, 1.807) is 0 Å². The van der Waals surface area contributed by atoms with Crippen molar-refractivity contribution in [2.45, 2.75) is 143 Å². The van der Waals surface area contributed by atoms with Gasteiger partial charge >= 0.3 is 0 Å². The van der Waals surface area contributed by atoms with Gasteiger partial charge in [0.15, 0.2) is 0 Å². The molecule has 0 bridgehead atoms. The molecule has 2 fully saturated rings. The molecule has 2 heteroatoms. The predicted molar refractivity (Wildman–Crippen MR) is 270 cm³/mol. The van der Waals surface area contributed by atoms with Crippen LogP contribution >= 0.6 is 0 Å². The molecule has 62 heavy (non-hydrogen) atoms. The van der Waals surface area contributed by atoms with Crippen molar-refractivity contribution in [1.29, 1.82) is 0 Å². The lowest BCUT2D eigenvalue weighted by Gasteiger charge is -2.34. The number of aryl methyl sites for hydroxylation is 4. The highest BCUT2D eigenvalue weighted by atomic mass is 15.2. The lowest BCUT2D eigenvalue weighted by Crippen LogP contribution is -2.16. The van der Waals surface area contributed by atoms with Crippen LogP contribution in [0.15, 0.2) is 121 Å². The van der Waals surface area contributed by atoms with Crippen LogP contribution in [0.25, 0.3) is 21.5 Å². The van der Waals surface area contributed by atoms with Gasteiger partial charge in [-0.1, -0.05) is 127 Å². The maximum Gasteiger partial charge on any atom is 0.0620 e. The molecule has 0 unspecified atom stereocenters. The molecule has 318 valence electrons. The first-order valence-corrected chi connectivity index (χ1v) is 24.0. The normalized spacial score (nSPS) is 15.3. The summed E-state index contributed by atoms with van der Waals surface area (Å²) in [5.41, 5.74) is 18.3. The van der Waals surface area contributed by atoms with E-state index in [1.807, 2.05) is 0 Å². The highest BCUT2D eigenvalue weighted by Gasteiger charge is 2.29. The average Bonchev–Trinajstić information content (AvgIpc) is 3.30. The quantitative estimate of drug-likeness (QED) is 0.100. The molecule has 2 nitrogen and oxygen atoms in total. The highest BCUT2D eigenvalue weighted by molar-refractivity contribution is 6.23. The number of fused-ring (bicyclic) bond motifs is 2. The molecule has 0 spiro atoms. The van der Waals surface area contributed by atoms with Gasteiger partial charge in [0.1, 0.15) is 0 Å². The molecule has 0 aliphatic heterocycles. The molecule has 2 aliphatic rings. The van der Waals surface area contributed by atoms with Crippen molar-refractivity contribution in [3.05, 3.63) is 166 Å². The van der Waals surface area contributed by atoms with Gasteiger partial charge in [-0.3, -0.25) is 0 Å². The van der Waals surface area contributed by atoms with Crippen LogP contribution in [0, 0.1) is 27.7 Å². The molecule has 0 saturated heterocycles. The molecule has 0 atom stereocenters. The summed E-state index contributed by atoms with van der Waals surface area (Å²) in [6, 6.07) is 48.3. The van der Waals surface area contributed by atoms with Crippen LogP contribution in [0.3, 0.4) is 0 Å². The second-order valence-corrected chi connectivity index (χ2v) is 19.7. The standard InChI is InChI=1S/C60H68N2/c1-39(2)45-21-29-51(30-22-45)61(53-27-19-41(5)43(7)35-53)59-55-33-25-50(48-17-13-10-14-18-48)38-58(55)60(56-34-26-49(37-57(56)59)47-15-11-9-12-16-47)62(54-28-20-42(6)44(8)36-54)52-31-23-46(24-32-52)40(3)4/h19-40,47-48H,9-18H2,1-8H3. The Bertz CT molecular complexity index is 2500. The number of benzene rings is 7. The van der Waals surface area contributed by atoms with Gasteiger partial charge in [-0.05, 0) is 182 Å². The molecule has 7 aromatic carbocycles. The maximum atomic E-state index is 2.62. The van der Waals surface area contributed by atoms with Crippen molar-refractivity contribution in [3.8, 4) is 0 Å². The van der Waals surface area contributed by atoms with E-state index in [1.165, 1.54) is 164 Å². The van der Waals surface area contributed by atoms with Crippen LogP contribution in [-0.4, -0.2) is 0 Å². The predicted octanol–water partition coefficient (Wildman–Crippen LogP) is 18.5. The molecule has 0 amide bonds. The van der Waals surface area contributed by atoms with Gasteiger partial charge in [-0.15, -0.1) is 0 Å². The molecule has 2 saturated carbocycles. The Morgan fingerprint density at radius 2 is 0.710 bits per heavy atom. The van der Waals surface area contributed by atoms with Crippen molar-refractivity contribution in [2.75, 3.05) is 9.80 Å². The molecular formula is C60H68N2. The Labute approximate surface area is 373 Å². The minimum absolute atomic E-state index is 0.460. The summed E-state index contributed by atoms with van der Waals surface area (Å²) in [5, 5.41) is 5.23. The van der Waals surface area contributed by atoms with Crippen LogP contribution in [0.2, 0.25) is 0 Å². The molecule has 0 N–H and O–H groups in total. The zero-order chi connectivity index (χ0) is 43.1. The summed E-state index contributed by atoms with van der Waals surface area (Å²) in [4.78, 5) is 5.21. The Morgan fingerprint density at radius 1 is 0.355 bits per heavy atom. The fourth-order valence-corrected chi connectivity index (χ4v) is 10.6. The topological polar surface area (TPSA) is 6.48 Å². The Balaban J connectivity index is 1.43. The number of anilines is 6. The fraction of sp³-hybridized carbons (Fsp3) is 0.367. The van der Waals surface area contributed by atoms with E-state index >= 15 is 0 Å². The van der Waals surface area contributed by atoms with Crippen LogP contribution in [0.4, 0.5) is 34.1 Å². The molecule has 0 radical (unpaired) electrons. The zero-order valence-electron chi connectivity index (χ0n) is 38.8. The lowest BCUT2D eigenvalue weighted by atomic mass is 9.81. The second kappa shape index (κ2) is 17.8. The molecule has 9 rings (SSSR count). The van der Waals surface area contributed by atoms with Gasteiger partial charge in [0, 0.05) is 44.3 Å².